The summed E-state index contributed by atoms with van der Waals surface area (Å²) in [4.78, 5) is 1.69. The van der Waals surface area contributed by atoms with E-state index in [1.54, 1.807) is 19.0 Å². The summed E-state index contributed by atoms with van der Waals surface area (Å²) in [5, 5.41) is 4.86. The average Bonchev–Trinajstić information content (AvgIpc) is 2.08. The van der Waals surface area contributed by atoms with E-state index in [9.17, 15) is 8.42 Å². The molecular formula is C9H21N3O2S. The van der Waals surface area contributed by atoms with E-state index in [-0.39, 0.29) is 0 Å². The molecule has 0 aromatic heterocycles. The van der Waals surface area contributed by atoms with Gasteiger partial charge in [0.15, 0.2) is 0 Å². The third-order valence-electron chi connectivity index (χ3n) is 2.00. The van der Waals surface area contributed by atoms with Gasteiger partial charge in [-0.15, -0.1) is 4.40 Å². The molecule has 0 bridgehead atoms. The lowest BCUT2D eigenvalue weighted by Gasteiger charge is -2.14. The van der Waals surface area contributed by atoms with Crippen molar-refractivity contribution in [2.75, 3.05) is 14.1 Å². The average molecular weight is 235 g/mol. The van der Waals surface area contributed by atoms with Crippen LogP contribution >= 0.6 is 0 Å². The summed E-state index contributed by atoms with van der Waals surface area (Å²) < 4.78 is 25.1. The van der Waals surface area contributed by atoms with Gasteiger partial charge in [0.05, 0.1) is 0 Å². The number of hydrogen-bond donors (Lipinski definition) is 1. The van der Waals surface area contributed by atoms with Gasteiger partial charge in [0, 0.05) is 20.5 Å². The molecule has 90 valence electrons. The van der Waals surface area contributed by atoms with Crippen LogP contribution in [0.3, 0.4) is 0 Å². The Hall–Kier alpha value is -0.620. The molecule has 0 atom stereocenters. The molecule has 0 saturated carbocycles. The van der Waals surface area contributed by atoms with Gasteiger partial charge >= 0.3 is 10.2 Å². The van der Waals surface area contributed by atoms with Gasteiger partial charge in [0.2, 0.25) is 0 Å². The van der Waals surface area contributed by atoms with Gasteiger partial charge in [-0.1, -0.05) is 26.2 Å². The van der Waals surface area contributed by atoms with E-state index in [4.69, 9.17) is 5.14 Å². The van der Waals surface area contributed by atoms with Gasteiger partial charge in [-0.2, -0.15) is 8.42 Å². The van der Waals surface area contributed by atoms with E-state index in [1.807, 2.05) is 0 Å². The zero-order chi connectivity index (χ0) is 11.9. The lowest BCUT2D eigenvalue weighted by molar-refractivity contribution is 0.577. The number of unbranched alkanes of at least 4 members (excludes halogenated alkanes) is 3. The van der Waals surface area contributed by atoms with Crippen LogP contribution in [0.5, 0.6) is 0 Å². The highest BCUT2D eigenvalue weighted by molar-refractivity contribution is 7.88. The van der Waals surface area contributed by atoms with E-state index in [2.05, 4.69) is 11.3 Å². The standard InChI is InChI=1S/C9H21N3O2S/c1-4-5-6-7-8-9(12(2)3)11-15(10,13)14/h4-8H2,1-3H3,(H2,10,13,14)/b11-9-. The number of nitrogens with two attached hydrogens (primary N) is 1. The zero-order valence-electron chi connectivity index (χ0n) is 9.73. The van der Waals surface area contributed by atoms with E-state index < -0.39 is 10.2 Å². The number of hydrogen-bond acceptors (Lipinski definition) is 2. The molecule has 0 heterocycles. The van der Waals surface area contributed by atoms with Gasteiger partial charge in [0.1, 0.15) is 5.84 Å². The number of rotatable bonds is 6. The summed E-state index contributed by atoms with van der Waals surface area (Å²) >= 11 is 0. The highest BCUT2D eigenvalue weighted by Crippen LogP contribution is 2.05. The summed E-state index contributed by atoms with van der Waals surface area (Å²) in [5.74, 6) is 0.522. The van der Waals surface area contributed by atoms with Crippen molar-refractivity contribution >= 4 is 16.0 Å². The van der Waals surface area contributed by atoms with E-state index in [1.165, 1.54) is 0 Å². The molecule has 2 N–H and O–H groups in total. The number of amidine groups is 1. The van der Waals surface area contributed by atoms with Crippen LogP contribution in [0, 0.1) is 0 Å². The van der Waals surface area contributed by atoms with Crippen LogP contribution in [0.1, 0.15) is 39.0 Å². The topological polar surface area (TPSA) is 75.8 Å². The molecule has 6 heteroatoms. The van der Waals surface area contributed by atoms with Gasteiger partial charge < -0.3 is 4.90 Å². The molecule has 0 unspecified atom stereocenters. The maximum atomic E-state index is 10.8. The number of nitrogens with zero attached hydrogens (tertiary/aromatic N) is 2. The van der Waals surface area contributed by atoms with Gasteiger partial charge in [0.25, 0.3) is 0 Å². The molecule has 0 rings (SSSR count). The largest absolute Gasteiger partial charge is 0.365 e. The molecule has 0 amide bonds. The predicted molar refractivity (Wildman–Crippen MR) is 63.0 cm³/mol. The quantitative estimate of drug-likeness (QED) is 0.426. The second-order valence-electron chi connectivity index (χ2n) is 3.73. The fourth-order valence-corrected chi connectivity index (χ4v) is 1.76. The van der Waals surface area contributed by atoms with Crippen LogP contribution in [-0.2, 0) is 10.2 Å². The third-order valence-corrected chi connectivity index (χ3v) is 2.47. The molecule has 0 aliphatic carbocycles. The van der Waals surface area contributed by atoms with Crippen LogP contribution in [0.25, 0.3) is 0 Å². The van der Waals surface area contributed by atoms with Crippen molar-refractivity contribution in [3.8, 4) is 0 Å². The highest BCUT2D eigenvalue weighted by Gasteiger charge is 2.06. The molecule has 0 fully saturated rings. The maximum absolute atomic E-state index is 10.8. The molecule has 15 heavy (non-hydrogen) atoms. The van der Waals surface area contributed by atoms with Crippen molar-refractivity contribution in [1.82, 2.24) is 4.90 Å². The van der Waals surface area contributed by atoms with E-state index in [0.717, 1.165) is 25.7 Å². The first-order valence-corrected chi connectivity index (χ1v) is 6.66. The fraction of sp³-hybridized carbons (Fsp3) is 0.889. The molecule has 0 aliphatic rings. The summed E-state index contributed by atoms with van der Waals surface area (Å²) in [6, 6.07) is 0. The lowest BCUT2D eigenvalue weighted by Crippen LogP contribution is -2.25. The smallest absolute Gasteiger partial charge is 0.318 e. The van der Waals surface area contributed by atoms with Gasteiger partial charge in [-0.3, -0.25) is 0 Å². The van der Waals surface area contributed by atoms with Crippen molar-refractivity contribution in [1.29, 1.82) is 0 Å². The van der Waals surface area contributed by atoms with Crippen LogP contribution in [0.2, 0.25) is 0 Å². The Balaban J connectivity index is 4.25. The highest BCUT2D eigenvalue weighted by atomic mass is 32.2. The minimum absolute atomic E-state index is 0.522. The van der Waals surface area contributed by atoms with Crippen LogP contribution in [-0.4, -0.2) is 33.2 Å². The van der Waals surface area contributed by atoms with Crippen molar-refractivity contribution in [3.63, 3.8) is 0 Å². The molecule has 0 spiro atoms. The molecular weight excluding hydrogens is 214 g/mol. The zero-order valence-corrected chi connectivity index (χ0v) is 10.5. The Labute approximate surface area is 92.5 Å². The Morgan fingerprint density at radius 2 is 1.87 bits per heavy atom. The van der Waals surface area contributed by atoms with Crippen LogP contribution in [0.15, 0.2) is 4.40 Å². The monoisotopic (exact) mass is 235 g/mol. The minimum Gasteiger partial charge on any atom is -0.365 e. The normalized spacial score (nSPS) is 12.9. The molecule has 0 aliphatic heterocycles. The second-order valence-corrected chi connectivity index (χ2v) is 4.94. The maximum Gasteiger partial charge on any atom is 0.318 e. The van der Waals surface area contributed by atoms with Crippen molar-refractivity contribution in [2.24, 2.45) is 9.54 Å². The Morgan fingerprint density at radius 3 is 2.27 bits per heavy atom. The molecule has 0 aromatic carbocycles. The first kappa shape index (κ1) is 14.4. The van der Waals surface area contributed by atoms with E-state index in [0.29, 0.717) is 12.3 Å². The predicted octanol–water partition coefficient (Wildman–Crippen LogP) is 1.12. The first-order chi connectivity index (χ1) is 6.87. The summed E-state index contributed by atoms with van der Waals surface area (Å²) in [7, 11) is -0.229. The first-order valence-electron chi connectivity index (χ1n) is 5.15. The second kappa shape index (κ2) is 6.79. The SMILES string of the molecule is CCCCCC/C(=N/S(N)(=O)=O)N(C)C. The van der Waals surface area contributed by atoms with Gasteiger partial charge in [-0.05, 0) is 6.42 Å². The van der Waals surface area contributed by atoms with Crippen LogP contribution in [0.4, 0.5) is 0 Å². The summed E-state index contributed by atoms with van der Waals surface area (Å²) in [5.41, 5.74) is 0. The summed E-state index contributed by atoms with van der Waals surface area (Å²) in [6.07, 6.45) is 5.01. The Morgan fingerprint density at radius 1 is 1.27 bits per heavy atom. The van der Waals surface area contributed by atoms with Crippen molar-refractivity contribution in [3.05, 3.63) is 0 Å². The Bertz CT molecular complexity index is 296. The third kappa shape index (κ3) is 8.38. The van der Waals surface area contributed by atoms with Gasteiger partial charge in [-0.25, -0.2) is 5.14 Å². The van der Waals surface area contributed by atoms with Crippen LogP contribution < -0.4 is 5.14 Å². The summed E-state index contributed by atoms with van der Waals surface area (Å²) in [6.45, 7) is 2.13. The molecule has 0 saturated heterocycles. The fourth-order valence-electron chi connectivity index (χ4n) is 1.21. The molecule has 0 aromatic rings. The van der Waals surface area contributed by atoms with Crippen molar-refractivity contribution < 1.29 is 8.42 Å². The molecule has 5 nitrogen and oxygen atoms in total. The lowest BCUT2D eigenvalue weighted by atomic mass is 10.1. The minimum atomic E-state index is -3.76. The van der Waals surface area contributed by atoms with E-state index >= 15 is 0 Å². The van der Waals surface area contributed by atoms with Crippen molar-refractivity contribution in [2.45, 2.75) is 39.0 Å². The molecule has 0 radical (unpaired) electrons. The Kier molecular flexibility index (Phi) is 6.51.